The molecule has 0 aliphatic heterocycles. The van der Waals surface area contributed by atoms with Crippen molar-refractivity contribution in [2.75, 3.05) is 12.9 Å². The highest BCUT2D eigenvalue weighted by Gasteiger charge is 2.20. The van der Waals surface area contributed by atoms with Gasteiger partial charge in [0.05, 0.1) is 19.0 Å². The third-order valence-electron chi connectivity index (χ3n) is 2.33. The third-order valence-corrected chi connectivity index (χ3v) is 2.90. The van der Waals surface area contributed by atoms with Crippen LogP contribution in [0.4, 0.5) is 0 Å². The molecule has 1 aliphatic carbocycles. The van der Waals surface area contributed by atoms with Crippen molar-refractivity contribution in [3.63, 3.8) is 0 Å². The van der Waals surface area contributed by atoms with Gasteiger partial charge in [0.2, 0.25) is 0 Å². The van der Waals surface area contributed by atoms with Gasteiger partial charge in [-0.1, -0.05) is 0 Å². The molecule has 0 atom stereocenters. The first-order valence-corrected chi connectivity index (χ1v) is 6.31. The monoisotopic (exact) mass is 208 g/mol. The lowest BCUT2D eigenvalue weighted by molar-refractivity contribution is 0.0931. The summed E-state index contributed by atoms with van der Waals surface area (Å²) in [5.41, 5.74) is 0. The molecule has 5 heteroatoms. The van der Waals surface area contributed by atoms with Crippen LogP contribution in [0.1, 0.15) is 25.7 Å². The molecule has 1 saturated carbocycles. The van der Waals surface area contributed by atoms with E-state index in [2.05, 4.69) is 0 Å². The molecule has 0 aromatic carbocycles. The highest BCUT2D eigenvalue weighted by molar-refractivity contribution is 7.85. The first kappa shape index (κ1) is 10.9. The topological polar surface area (TPSA) is 63.6 Å². The molecule has 13 heavy (non-hydrogen) atoms. The second-order valence-electron chi connectivity index (χ2n) is 3.66. The Kier molecular flexibility index (Phi) is 3.70. The maximum Gasteiger partial charge on any atom is 0.264 e. The number of hydrogen-bond donors (Lipinski definition) is 1. The van der Waals surface area contributed by atoms with Crippen molar-refractivity contribution in [2.24, 2.45) is 5.92 Å². The van der Waals surface area contributed by atoms with Gasteiger partial charge < -0.3 is 5.11 Å². The normalized spacial score (nSPS) is 30.3. The van der Waals surface area contributed by atoms with Crippen molar-refractivity contribution < 1.29 is 17.7 Å². The molecule has 0 saturated heterocycles. The first-order chi connectivity index (χ1) is 5.97. The van der Waals surface area contributed by atoms with Gasteiger partial charge in [-0.2, -0.15) is 8.42 Å². The Bertz CT molecular complexity index is 239. The van der Waals surface area contributed by atoms with Crippen LogP contribution in [0.25, 0.3) is 0 Å². The Morgan fingerprint density at radius 3 is 2.31 bits per heavy atom. The molecule has 0 aromatic rings. The van der Waals surface area contributed by atoms with Crippen LogP contribution in [0.15, 0.2) is 0 Å². The number of rotatable bonds is 3. The molecule has 1 N–H and O–H groups in total. The maximum atomic E-state index is 10.7. The van der Waals surface area contributed by atoms with E-state index in [0.717, 1.165) is 31.9 Å². The molecule has 0 radical (unpaired) electrons. The summed E-state index contributed by atoms with van der Waals surface area (Å²) in [6.45, 7) is 0.269. The van der Waals surface area contributed by atoms with E-state index in [1.807, 2.05) is 0 Å². The summed E-state index contributed by atoms with van der Waals surface area (Å²) in [5.74, 6) is 0.290. The number of aliphatic hydroxyl groups is 1. The Labute approximate surface area is 79.0 Å². The predicted octanol–water partition coefficient (Wildman–Crippen LogP) is 0.514. The zero-order valence-corrected chi connectivity index (χ0v) is 8.59. The summed E-state index contributed by atoms with van der Waals surface area (Å²) in [7, 11) is -3.30. The molecule has 0 unspecified atom stereocenters. The van der Waals surface area contributed by atoms with Crippen LogP contribution >= 0.6 is 0 Å². The quantitative estimate of drug-likeness (QED) is 0.686. The summed E-state index contributed by atoms with van der Waals surface area (Å²) in [4.78, 5) is 0. The largest absolute Gasteiger partial charge is 0.393 e. The lowest BCUT2D eigenvalue weighted by atomic mass is 9.88. The molecule has 0 amide bonds. The molecule has 4 nitrogen and oxygen atoms in total. The van der Waals surface area contributed by atoms with Gasteiger partial charge in [0, 0.05) is 0 Å². The van der Waals surface area contributed by atoms with E-state index in [1.165, 1.54) is 0 Å². The van der Waals surface area contributed by atoms with Crippen molar-refractivity contribution in [1.82, 2.24) is 0 Å². The van der Waals surface area contributed by atoms with Gasteiger partial charge in [0.1, 0.15) is 0 Å². The average Bonchev–Trinajstić information content (AvgIpc) is 2.02. The summed E-state index contributed by atoms with van der Waals surface area (Å²) < 4.78 is 26.0. The fraction of sp³-hybridized carbons (Fsp3) is 1.00. The molecule has 0 spiro atoms. The second-order valence-corrected chi connectivity index (χ2v) is 5.31. The Hall–Kier alpha value is -0.130. The molecule has 1 fully saturated rings. The van der Waals surface area contributed by atoms with Crippen LogP contribution in [0, 0.1) is 5.92 Å². The SMILES string of the molecule is CS(=O)(=O)OCC1CCC(O)CC1. The summed E-state index contributed by atoms with van der Waals surface area (Å²) >= 11 is 0. The van der Waals surface area contributed by atoms with Crippen molar-refractivity contribution in [2.45, 2.75) is 31.8 Å². The van der Waals surface area contributed by atoms with Crippen molar-refractivity contribution in [1.29, 1.82) is 0 Å². The van der Waals surface area contributed by atoms with E-state index in [0.29, 0.717) is 0 Å². The fourth-order valence-electron chi connectivity index (χ4n) is 1.53. The van der Waals surface area contributed by atoms with Gasteiger partial charge in [-0.3, -0.25) is 4.18 Å². The van der Waals surface area contributed by atoms with E-state index in [-0.39, 0.29) is 18.6 Å². The Morgan fingerprint density at radius 2 is 1.85 bits per heavy atom. The van der Waals surface area contributed by atoms with Crippen LogP contribution in [-0.2, 0) is 14.3 Å². The maximum absolute atomic E-state index is 10.7. The molecular weight excluding hydrogens is 192 g/mol. The minimum Gasteiger partial charge on any atom is -0.393 e. The molecule has 1 rings (SSSR count). The summed E-state index contributed by atoms with van der Waals surface area (Å²) in [5, 5.41) is 9.20. The third kappa shape index (κ3) is 4.59. The first-order valence-electron chi connectivity index (χ1n) is 4.50. The highest BCUT2D eigenvalue weighted by Crippen LogP contribution is 2.24. The van der Waals surface area contributed by atoms with Gasteiger partial charge in [0.25, 0.3) is 10.1 Å². The van der Waals surface area contributed by atoms with E-state index >= 15 is 0 Å². The smallest absolute Gasteiger partial charge is 0.264 e. The molecule has 0 aromatic heterocycles. The Morgan fingerprint density at radius 1 is 1.31 bits per heavy atom. The van der Waals surface area contributed by atoms with Gasteiger partial charge in [-0.05, 0) is 31.6 Å². The van der Waals surface area contributed by atoms with Crippen LogP contribution in [-0.4, -0.2) is 32.5 Å². The fourth-order valence-corrected chi connectivity index (χ4v) is 1.97. The number of aliphatic hydroxyl groups excluding tert-OH is 1. The van der Waals surface area contributed by atoms with Crippen molar-refractivity contribution in [3.05, 3.63) is 0 Å². The van der Waals surface area contributed by atoms with E-state index in [1.54, 1.807) is 0 Å². The van der Waals surface area contributed by atoms with Crippen LogP contribution in [0.3, 0.4) is 0 Å². The second kappa shape index (κ2) is 4.39. The van der Waals surface area contributed by atoms with Gasteiger partial charge in [-0.15, -0.1) is 0 Å². The molecular formula is C8H16O4S. The average molecular weight is 208 g/mol. The minimum absolute atomic E-state index is 0.200. The summed E-state index contributed by atoms with van der Waals surface area (Å²) in [6.07, 6.45) is 4.10. The van der Waals surface area contributed by atoms with Crippen molar-refractivity contribution >= 4 is 10.1 Å². The van der Waals surface area contributed by atoms with Crippen LogP contribution in [0.2, 0.25) is 0 Å². The van der Waals surface area contributed by atoms with Gasteiger partial charge in [-0.25, -0.2) is 0 Å². The lowest BCUT2D eigenvalue weighted by Crippen LogP contribution is -2.22. The molecule has 0 heterocycles. The van der Waals surface area contributed by atoms with E-state index in [9.17, 15) is 13.5 Å². The standard InChI is InChI=1S/C8H16O4S/c1-13(10,11)12-6-7-2-4-8(9)5-3-7/h7-9H,2-6H2,1H3. The highest BCUT2D eigenvalue weighted by atomic mass is 32.2. The minimum atomic E-state index is -3.30. The predicted molar refractivity (Wildman–Crippen MR) is 48.8 cm³/mol. The number of hydrogen-bond acceptors (Lipinski definition) is 4. The van der Waals surface area contributed by atoms with Crippen LogP contribution in [0.5, 0.6) is 0 Å². The molecule has 0 bridgehead atoms. The van der Waals surface area contributed by atoms with E-state index in [4.69, 9.17) is 4.18 Å². The van der Waals surface area contributed by atoms with E-state index < -0.39 is 10.1 Å². The van der Waals surface area contributed by atoms with Gasteiger partial charge in [0.15, 0.2) is 0 Å². The summed E-state index contributed by atoms with van der Waals surface area (Å²) in [6, 6.07) is 0. The lowest BCUT2D eigenvalue weighted by Gasteiger charge is -2.24. The zero-order valence-electron chi connectivity index (χ0n) is 7.77. The Balaban J connectivity index is 2.24. The molecule has 1 aliphatic rings. The molecule has 78 valence electrons. The van der Waals surface area contributed by atoms with Crippen molar-refractivity contribution in [3.8, 4) is 0 Å². The zero-order chi connectivity index (χ0) is 9.90. The van der Waals surface area contributed by atoms with Gasteiger partial charge >= 0.3 is 0 Å². The van der Waals surface area contributed by atoms with Crippen LogP contribution < -0.4 is 0 Å².